The van der Waals surface area contributed by atoms with Gasteiger partial charge >= 0.3 is 0 Å². The molecule has 0 amide bonds. The van der Waals surface area contributed by atoms with Crippen LogP contribution in [0.2, 0.25) is 0 Å². The smallest absolute Gasteiger partial charge is 0.134 e. The first-order valence-corrected chi connectivity index (χ1v) is 6.65. The van der Waals surface area contributed by atoms with Crippen molar-refractivity contribution < 1.29 is 9.15 Å². The molecule has 0 saturated heterocycles. The lowest BCUT2D eigenvalue weighted by Gasteiger charge is -2.21. The van der Waals surface area contributed by atoms with Gasteiger partial charge in [0.15, 0.2) is 0 Å². The monoisotopic (exact) mass is 245 g/mol. The zero-order valence-electron chi connectivity index (χ0n) is 10.6. The summed E-state index contributed by atoms with van der Waals surface area (Å²) < 4.78 is 11.6. The minimum absolute atomic E-state index is 0.0931. The summed E-state index contributed by atoms with van der Waals surface area (Å²) in [4.78, 5) is 0. The van der Waals surface area contributed by atoms with Crippen molar-refractivity contribution in [2.75, 3.05) is 6.61 Å². The van der Waals surface area contributed by atoms with E-state index in [9.17, 15) is 0 Å². The zero-order valence-corrected chi connectivity index (χ0v) is 10.6. The highest BCUT2D eigenvalue weighted by Crippen LogP contribution is 2.40. The molecule has 1 saturated carbocycles. The van der Waals surface area contributed by atoms with Crippen LogP contribution in [0.1, 0.15) is 31.6 Å². The lowest BCUT2D eigenvalue weighted by atomic mass is 10.0. The first-order valence-electron chi connectivity index (χ1n) is 6.65. The average molecular weight is 245 g/mol. The van der Waals surface area contributed by atoms with Crippen molar-refractivity contribution in [2.24, 2.45) is 11.7 Å². The highest BCUT2D eigenvalue weighted by atomic mass is 16.5. The molecule has 0 aliphatic heterocycles. The van der Waals surface area contributed by atoms with Crippen molar-refractivity contribution >= 4 is 11.0 Å². The fourth-order valence-corrected chi connectivity index (χ4v) is 2.48. The maximum absolute atomic E-state index is 6.31. The number of hydrogen-bond acceptors (Lipinski definition) is 3. The van der Waals surface area contributed by atoms with Gasteiger partial charge in [0.05, 0.1) is 12.1 Å². The van der Waals surface area contributed by atoms with E-state index in [0.29, 0.717) is 12.5 Å². The first kappa shape index (κ1) is 11.8. The molecule has 0 spiro atoms. The summed E-state index contributed by atoms with van der Waals surface area (Å²) in [6.45, 7) is 2.72. The summed E-state index contributed by atoms with van der Waals surface area (Å²) >= 11 is 0. The lowest BCUT2D eigenvalue weighted by Crippen LogP contribution is -2.30. The van der Waals surface area contributed by atoms with Gasteiger partial charge < -0.3 is 14.9 Å². The van der Waals surface area contributed by atoms with E-state index in [1.165, 1.54) is 12.8 Å². The van der Waals surface area contributed by atoms with E-state index in [1.54, 1.807) is 0 Å². The molecule has 2 aromatic rings. The van der Waals surface area contributed by atoms with Gasteiger partial charge in [0.25, 0.3) is 0 Å². The van der Waals surface area contributed by atoms with Crippen molar-refractivity contribution in [3.05, 3.63) is 36.1 Å². The average Bonchev–Trinajstić information content (AvgIpc) is 3.13. The number of fused-ring (bicyclic) bond motifs is 1. The molecule has 1 fully saturated rings. The largest absolute Gasteiger partial charge is 0.459 e. The number of benzene rings is 1. The van der Waals surface area contributed by atoms with Gasteiger partial charge in [0.1, 0.15) is 11.3 Å². The van der Waals surface area contributed by atoms with Gasteiger partial charge in [-0.2, -0.15) is 0 Å². The van der Waals surface area contributed by atoms with E-state index in [2.05, 4.69) is 0 Å². The Morgan fingerprint density at radius 3 is 2.83 bits per heavy atom. The fourth-order valence-electron chi connectivity index (χ4n) is 2.48. The molecule has 2 unspecified atom stereocenters. The van der Waals surface area contributed by atoms with Gasteiger partial charge in [-0.1, -0.05) is 18.2 Å². The van der Waals surface area contributed by atoms with Gasteiger partial charge in [-0.25, -0.2) is 0 Å². The highest BCUT2D eigenvalue weighted by molar-refractivity contribution is 5.77. The second-order valence-corrected chi connectivity index (χ2v) is 4.97. The van der Waals surface area contributed by atoms with Gasteiger partial charge in [-0.3, -0.25) is 0 Å². The zero-order chi connectivity index (χ0) is 12.5. The minimum Gasteiger partial charge on any atom is -0.459 e. The Labute approximate surface area is 107 Å². The van der Waals surface area contributed by atoms with Gasteiger partial charge in [-0.15, -0.1) is 0 Å². The Morgan fingerprint density at radius 1 is 1.39 bits per heavy atom. The Balaban J connectivity index is 1.87. The number of hydrogen-bond donors (Lipinski definition) is 1. The molecule has 96 valence electrons. The second-order valence-electron chi connectivity index (χ2n) is 4.97. The first-order chi connectivity index (χ1) is 8.79. The van der Waals surface area contributed by atoms with Gasteiger partial charge in [0.2, 0.25) is 0 Å². The molecular formula is C15H19NO2. The minimum atomic E-state index is -0.162. The van der Waals surface area contributed by atoms with E-state index in [1.807, 2.05) is 37.3 Å². The molecule has 3 heteroatoms. The third-order valence-corrected chi connectivity index (χ3v) is 3.57. The highest BCUT2D eigenvalue weighted by Gasteiger charge is 2.37. The molecule has 1 aromatic heterocycles. The van der Waals surface area contributed by atoms with Crippen molar-refractivity contribution in [3.8, 4) is 0 Å². The topological polar surface area (TPSA) is 48.4 Å². The Hall–Kier alpha value is -1.32. The lowest BCUT2D eigenvalue weighted by molar-refractivity contribution is 0.0238. The molecule has 3 nitrogen and oxygen atoms in total. The standard InChI is InChI=1S/C15H19NO2/c1-2-17-15(10-7-8-10)14(16)13-9-11-5-3-4-6-12(11)18-13/h3-6,9-10,14-15H,2,7-8,16H2,1H3. The van der Waals surface area contributed by atoms with Crippen molar-refractivity contribution in [1.82, 2.24) is 0 Å². The number of nitrogens with two attached hydrogens (primary N) is 1. The number of ether oxygens (including phenoxy) is 1. The van der Waals surface area contributed by atoms with E-state index < -0.39 is 0 Å². The summed E-state index contributed by atoms with van der Waals surface area (Å²) in [5, 5.41) is 1.11. The Morgan fingerprint density at radius 2 is 2.17 bits per heavy atom. The van der Waals surface area contributed by atoms with E-state index in [0.717, 1.165) is 16.7 Å². The SMILES string of the molecule is CCOC(C1CC1)C(N)c1cc2ccccc2o1. The quantitative estimate of drug-likeness (QED) is 0.879. The molecule has 0 radical (unpaired) electrons. The second kappa shape index (κ2) is 4.75. The van der Waals surface area contributed by atoms with Crippen LogP contribution in [-0.2, 0) is 4.74 Å². The Kier molecular flexibility index (Phi) is 3.10. The molecule has 2 atom stereocenters. The molecule has 18 heavy (non-hydrogen) atoms. The van der Waals surface area contributed by atoms with Crippen LogP contribution in [-0.4, -0.2) is 12.7 Å². The predicted molar refractivity (Wildman–Crippen MR) is 71.3 cm³/mol. The molecule has 2 N–H and O–H groups in total. The molecule has 1 aromatic carbocycles. The summed E-state index contributed by atoms with van der Waals surface area (Å²) in [5.41, 5.74) is 7.21. The normalized spacial score (nSPS) is 19.0. The van der Waals surface area contributed by atoms with Crippen molar-refractivity contribution in [3.63, 3.8) is 0 Å². The van der Waals surface area contributed by atoms with Gasteiger partial charge in [0, 0.05) is 12.0 Å². The summed E-state index contributed by atoms with van der Waals surface area (Å²) in [7, 11) is 0. The molecule has 1 aliphatic carbocycles. The number of furan rings is 1. The van der Waals surface area contributed by atoms with Crippen LogP contribution >= 0.6 is 0 Å². The predicted octanol–water partition coefficient (Wildman–Crippen LogP) is 3.25. The van der Waals surface area contributed by atoms with Crippen LogP contribution in [0.25, 0.3) is 11.0 Å². The third-order valence-electron chi connectivity index (χ3n) is 3.57. The molecule has 0 bridgehead atoms. The third kappa shape index (κ3) is 2.16. The van der Waals surface area contributed by atoms with Crippen LogP contribution in [0.15, 0.2) is 34.7 Å². The van der Waals surface area contributed by atoms with Gasteiger partial charge in [-0.05, 0) is 37.8 Å². The van der Waals surface area contributed by atoms with Crippen molar-refractivity contribution in [2.45, 2.75) is 31.9 Å². The van der Waals surface area contributed by atoms with E-state index in [-0.39, 0.29) is 12.1 Å². The maximum Gasteiger partial charge on any atom is 0.134 e. The summed E-state index contributed by atoms with van der Waals surface area (Å²) in [5.74, 6) is 1.44. The molecule has 1 aliphatic rings. The number of para-hydroxylation sites is 1. The summed E-state index contributed by atoms with van der Waals surface area (Å²) in [6.07, 6.45) is 2.53. The van der Waals surface area contributed by atoms with Crippen LogP contribution in [0.4, 0.5) is 0 Å². The number of rotatable bonds is 5. The Bertz CT molecular complexity index is 497. The van der Waals surface area contributed by atoms with Crippen LogP contribution in [0.5, 0.6) is 0 Å². The molecule has 1 heterocycles. The van der Waals surface area contributed by atoms with E-state index >= 15 is 0 Å². The maximum atomic E-state index is 6.31. The molecular weight excluding hydrogens is 226 g/mol. The van der Waals surface area contributed by atoms with Crippen LogP contribution in [0, 0.1) is 5.92 Å². The van der Waals surface area contributed by atoms with Crippen LogP contribution < -0.4 is 5.73 Å². The summed E-state index contributed by atoms with van der Waals surface area (Å²) in [6, 6.07) is 9.87. The molecule has 3 rings (SSSR count). The van der Waals surface area contributed by atoms with E-state index in [4.69, 9.17) is 14.9 Å². The van der Waals surface area contributed by atoms with Crippen LogP contribution in [0.3, 0.4) is 0 Å². The van der Waals surface area contributed by atoms with Crippen molar-refractivity contribution in [1.29, 1.82) is 0 Å². The fraction of sp³-hybridized carbons (Fsp3) is 0.467.